The van der Waals surface area contributed by atoms with E-state index in [9.17, 15) is 4.79 Å². The Kier molecular flexibility index (Phi) is 5.15. The Labute approximate surface area is 163 Å². The van der Waals surface area contributed by atoms with Gasteiger partial charge in [-0.05, 0) is 58.4 Å². The number of carbonyl (C=O) groups excluding carboxylic acids is 1. The maximum Gasteiger partial charge on any atom is 0.230 e. The second-order valence-electron chi connectivity index (χ2n) is 8.94. The molecule has 0 unspecified atom stereocenters. The van der Waals surface area contributed by atoms with Crippen LogP contribution in [0.2, 0.25) is 0 Å². The first-order valence-electron chi connectivity index (χ1n) is 10.5. The Bertz CT molecular complexity index is 716. The Morgan fingerprint density at radius 1 is 1.22 bits per heavy atom. The Morgan fingerprint density at radius 2 is 2.04 bits per heavy atom. The van der Waals surface area contributed by atoms with Crippen molar-refractivity contribution in [3.8, 4) is 5.75 Å². The maximum absolute atomic E-state index is 13.3. The van der Waals surface area contributed by atoms with Crippen LogP contribution in [0, 0.1) is 25.2 Å². The zero-order valence-electron chi connectivity index (χ0n) is 17.1. The van der Waals surface area contributed by atoms with Gasteiger partial charge in [0, 0.05) is 43.5 Å². The molecular weight excluding hydrogens is 338 g/mol. The normalized spacial score (nSPS) is 26.6. The average molecular weight is 372 g/mol. The standard InChI is InChI=1S/C22H33N3O2/c1-16-12-23-19(17(2)20(16)27-3)14-24-11-9-22(15-24)8-5-10-25(21(22)26)13-18-6-4-7-18/h12,18H,4-11,13-15H2,1-3H3/t22-/m0/s1. The molecule has 5 nitrogen and oxygen atoms in total. The minimum Gasteiger partial charge on any atom is -0.496 e. The zero-order valence-corrected chi connectivity index (χ0v) is 17.1. The van der Waals surface area contributed by atoms with Crippen molar-refractivity contribution in [1.29, 1.82) is 0 Å². The number of hydrogen-bond acceptors (Lipinski definition) is 4. The number of ether oxygens (including phenoxy) is 1. The van der Waals surface area contributed by atoms with Gasteiger partial charge in [-0.3, -0.25) is 14.7 Å². The number of carbonyl (C=O) groups is 1. The van der Waals surface area contributed by atoms with Crippen molar-refractivity contribution in [3.63, 3.8) is 0 Å². The number of likely N-dealkylation sites (tertiary alicyclic amines) is 2. The summed E-state index contributed by atoms with van der Waals surface area (Å²) in [5, 5.41) is 0. The molecule has 1 aromatic heterocycles. The number of hydrogen-bond donors (Lipinski definition) is 0. The maximum atomic E-state index is 13.3. The lowest BCUT2D eigenvalue weighted by atomic mass is 9.77. The smallest absolute Gasteiger partial charge is 0.230 e. The highest BCUT2D eigenvalue weighted by Gasteiger charge is 2.48. The van der Waals surface area contributed by atoms with Gasteiger partial charge >= 0.3 is 0 Å². The number of pyridine rings is 1. The van der Waals surface area contributed by atoms with Crippen LogP contribution in [-0.2, 0) is 11.3 Å². The van der Waals surface area contributed by atoms with E-state index in [0.717, 1.165) is 80.5 Å². The Morgan fingerprint density at radius 3 is 2.74 bits per heavy atom. The lowest BCUT2D eigenvalue weighted by molar-refractivity contribution is -0.146. The third-order valence-electron chi connectivity index (χ3n) is 7.08. The fourth-order valence-corrected chi connectivity index (χ4v) is 5.23. The first-order valence-corrected chi connectivity index (χ1v) is 10.5. The summed E-state index contributed by atoms with van der Waals surface area (Å²) < 4.78 is 5.56. The lowest BCUT2D eigenvalue weighted by Crippen LogP contribution is -2.51. The largest absolute Gasteiger partial charge is 0.496 e. The quantitative estimate of drug-likeness (QED) is 0.796. The molecule has 1 saturated carbocycles. The van der Waals surface area contributed by atoms with Gasteiger partial charge in [0.25, 0.3) is 0 Å². The second kappa shape index (κ2) is 7.42. The van der Waals surface area contributed by atoms with E-state index < -0.39 is 0 Å². The van der Waals surface area contributed by atoms with E-state index in [2.05, 4.69) is 21.7 Å². The molecule has 2 saturated heterocycles. The number of piperidine rings is 1. The number of rotatable bonds is 5. The van der Waals surface area contributed by atoms with Crippen LogP contribution < -0.4 is 4.74 Å². The summed E-state index contributed by atoms with van der Waals surface area (Å²) in [6.07, 6.45) is 9.06. The molecule has 0 aromatic carbocycles. The minimum absolute atomic E-state index is 0.148. The van der Waals surface area contributed by atoms with Crippen molar-refractivity contribution in [2.24, 2.45) is 11.3 Å². The fraction of sp³-hybridized carbons (Fsp3) is 0.727. The predicted molar refractivity (Wildman–Crippen MR) is 106 cm³/mol. The lowest BCUT2D eigenvalue weighted by Gasteiger charge is -2.42. The molecule has 5 heteroatoms. The van der Waals surface area contributed by atoms with E-state index in [0.29, 0.717) is 5.91 Å². The SMILES string of the molecule is COc1c(C)cnc(CN2CC[C@@]3(CCCN(CC4CCC4)C3=O)C2)c1C. The van der Waals surface area contributed by atoms with E-state index in [1.165, 1.54) is 19.3 Å². The highest BCUT2D eigenvalue weighted by atomic mass is 16.5. The molecule has 0 N–H and O–H groups in total. The zero-order chi connectivity index (χ0) is 19.0. The minimum atomic E-state index is -0.148. The molecule has 1 atom stereocenters. The number of aromatic nitrogens is 1. The van der Waals surface area contributed by atoms with Crippen molar-refractivity contribution in [2.45, 2.75) is 58.9 Å². The summed E-state index contributed by atoms with van der Waals surface area (Å²) in [6, 6.07) is 0. The van der Waals surface area contributed by atoms with Crippen LogP contribution in [0.3, 0.4) is 0 Å². The molecule has 148 valence electrons. The van der Waals surface area contributed by atoms with E-state index in [4.69, 9.17) is 4.74 Å². The molecule has 2 aliphatic heterocycles. The van der Waals surface area contributed by atoms with Gasteiger partial charge in [0.15, 0.2) is 0 Å². The van der Waals surface area contributed by atoms with Crippen LogP contribution >= 0.6 is 0 Å². The van der Waals surface area contributed by atoms with Gasteiger partial charge in [-0.25, -0.2) is 0 Å². The molecule has 3 aliphatic rings. The number of nitrogens with zero attached hydrogens (tertiary/aromatic N) is 3. The van der Waals surface area contributed by atoms with Gasteiger partial charge in [-0.2, -0.15) is 0 Å². The fourth-order valence-electron chi connectivity index (χ4n) is 5.23. The predicted octanol–water partition coefficient (Wildman–Crippen LogP) is 3.32. The summed E-state index contributed by atoms with van der Waals surface area (Å²) in [5.41, 5.74) is 3.12. The summed E-state index contributed by atoms with van der Waals surface area (Å²) in [5.74, 6) is 2.12. The van der Waals surface area contributed by atoms with Crippen molar-refractivity contribution in [1.82, 2.24) is 14.8 Å². The van der Waals surface area contributed by atoms with E-state index in [1.54, 1.807) is 7.11 Å². The topological polar surface area (TPSA) is 45.7 Å². The molecule has 3 heterocycles. The summed E-state index contributed by atoms with van der Waals surface area (Å²) in [6.45, 7) is 8.76. The highest BCUT2D eigenvalue weighted by molar-refractivity contribution is 5.84. The van der Waals surface area contributed by atoms with Gasteiger partial charge in [0.1, 0.15) is 5.75 Å². The van der Waals surface area contributed by atoms with E-state index >= 15 is 0 Å². The molecule has 27 heavy (non-hydrogen) atoms. The number of aryl methyl sites for hydroxylation is 1. The van der Waals surface area contributed by atoms with Gasteiger partial charge in [-0.15, -0.1) is 0 Å². The van der Waals surface area contributed by atoms with Crippen LogP contribution in [0.5, 0.6) is 5.75 Å². The molecule has 1 aliphatic carbocycles. The van der Waals surface area contributed by atoms with Gasteiger partial charge in [-0.1, -0.05) is 6.42 Å². The average Bonchev–Trinajstić information content (AvgIpc) is 3.01. The molecule has 0 bridgehead atoms. The van der Waals surface area contributed by atoms with E-state index in [1.807, 2.05) is 13.1 Å². The number of amides is 1. The van der Waals surface area contributed by atoms with Crippen molar-refractivity contribution >= 4 is 5.91 Å². The second-order valence-corrected chi connectivity index (χ2v) is 8.94. The van der Waals surface area contributed by atoms with Gasteiger partial charge in [0.2, 0.25) is 5.91 Å². The first kappa shape index (κ1) is 18.7. The van der Waals surface area contributed by atoms with Crippen LogP contribution in [0.4, 0.5) is 0 Å². The van der Waals surface area contributed by atoms with Crippen LogP contribution in [-0.4, -0.2) is 54.0 Å². The monoisotopic (exact) mass is 371 g/mol. The molecule has 3 fully saturated rings. The molecule has 1 aromatic rings. The Hall–Kier alpha value is -1.62. The van der Waals surface area contributed by atoms with Crippen LogP contribution in [0.15, 0.2) is 6.20 Å². The third-order valence-corrected chi connectivity index (χ3v) is 7.08. The Balaban J connectivity index is 1.44. The summed E-state index contributed by atoms with van der Waals surface area (Å²) in [7, 11) is 1.72. The van der Waals surface area contributed by atoms with Gasteiger partial charge < -0.3 is 9.64 Å². The summed E-state index contributed by atoms with van der Waals surface area (Å²) in [4.78, 5) is 22.6. The van der Waals surface area contributed by atoms with Crippen LogP contribution in [0.1, 0.15) is 55.3 Å². The van der Waals surface area contributed by atoms with E-state index in [-0.39, 0.29) is 5.41 Å². The molecule has 1 amide bonds. The molecule has 0 radical (unpaired) electrons. The molecule has 1 spiro atoms. The number of methoxy groups -OCH3 is 1. The van der Waals surface area contributed by atoms with Crippen molar-refractivity contribution in [3.05, 3.63) is 23.0 Å². The van der Waals surface area contributed by atoms with Crippen molar-refractivity contribution < 1.29 is 9.53 Å². The highest BCUT2D eigenvalue weighted by Crippen LogP contribution is 2.41. The van der Waals surface area contributed by atoms with Crippen LogP contribution in [0.25, 0.3) is 0 Å². The molecular formula is C22H33N3O2. The molecule has 4 rings (SSSR count). The third kappa shape index (κ3) is 3.46. The van der Waals surface area contributed by atoms with Crippen molar-refractivity contribution in [2.75, 3.05) is 33.3 Å². The first-order chi connectivity index (χ1) is 13.0. The van der Waals surface area contributed by atoms with Gasteiger partial charge in [0.05, 0.1) is 18.2 Å². The summed E-state index contributed by atoms with van der Waals surface area (Å²) >= 11 is 0.